The second kappa shape index (κ2) is 14.2. The van der Waals surface area contributed by atoms with Gasteiger partial charge in [-0.1, -0.05) is 36.4 Å². The third-order valence-electron chi connectivity index (χ3n) is 3.96. The van der Waals surface area contributed by atoms with E-state index in [1.54, 1.807) is 17.9 Å². The van der Waals surface area contributed by atoms with Crippen molar-refractivity contribution in [1.82, 2.24) is 4.90 Å². The second-order valence-corrected chi connectivity index (χ2v) is 6.19. The highest BCUT2D eigenvalue weighted by Crippen LogP contribution is 2.13. The average molecular weight is 445 g/mol. The fourth-order valence-electron chi connectivity index (χ4n) is 2.50. The van der Waals surface area contributed by atoms with Crippen LogP contribution in [0.15, 0.2) is 65.9 Å². The first kappa shape index (κ1) is 26.2. The number of carbonyl (C=O) groups excluding carboxylic acids is 4. The molecule has 9 nitrogen and oxygen atoms in total. The SMILES string of the molecule is CCOC(=O)/C=C/CN(/C=C(/C=C(C(=O)OC)C(=O)OC)C(=O)OC)Cc1ccccc1. The molecular formula is C23H27NO8. The minimum Gasteiger partial charge on any atom is -0.465 e. The van der Waals surface area contributed by atoms with E-state index in [1.165, 1.54) is 19.4 Å². The Labute approximate surface area is 186 Å². The van der Waals surface area contributed by atoms with E-state index >= 15 is 0 Å². The Morgan fingerprint density at radius 3 is 2.03 bits per heavy atom. The minimum absolute atomic E-state index is 0.0984. The quantitative estimate of drug-likeness (QED) is 0.126. The summed E-state index contributed by atoms with van der Waals surface area (Å²) < 4.78 is 18.9. The van der Waals surface area contributed by atoms with Gasteiger partial charge in [0.25, 0.3) is 0 Å². The summed E-state index contributed by atoms with van der Waals surface area (Å²) in [5.41, 5.74) is 0.342. The lowest BCUT2D eigenvalue weighted by Crippen LogP contribution is -2.21. The molecule has 172 valence electrons. The Morgan fingerprint density at radius 2 is 1.50 bits per heavy atom. The zero-order valence-corrected chi connectivity index (χ0v) is 18.5. The summed E-state index contributed by atoms with van der Waals surface area (Å²) in [7, 11) is 3.37. The predicted molar refractivity (Wildman–Crippen MR) is 115 cm³/mol. The Kier molecular flexibility index (Phi) is 11.6. The van der Waals surface area contributed by atoms with Crippen LogP contribution in [-0.4, -0.2) is 63.3 Å². The van der Waals surface area contributed by atoms with E-state index in [0.29, 0.717) is 6.54 Å². The maximum absolute atomic E-state index is 12.4. The Bertz CT molecular complexity index is 869. The van der Waals surface area contributed by atoms with E-state index < -0.39 is 29.5 Å². The molecule has 0 saturated carbocycles. The first-order valence-corrected chi connectivity index (χ1v) is 9.65. The monoisotopic (exact) mass is 445 g/mol. The molecule has 0 unspecified atom stereocenters. The van der Waals surface area contributed by atoms with E-state index in [4.69, 9.17) is 9.47 Å². The van der Waals surface area contributed by atoms with Gasteiger partial charge in [-0.25, -0.2) is 19.2 Å². The average Bonchev–Trinajstić information content (AvgIpc) is 2.80. The van der Waals surface area contributed by atoms with Crippen molar-refractivity contribution in [2.24, 2.45) is 0 Å². The number of methoxy groups -OCH3 is 3. The van der Waals surface area contributed by atoms with Gasteiger partial charge in [-0.05, 0) is 18.6 Å². The molecular weight excluding hydrogens is 418 g/mol. The highest BCUT2D eigenvalue weighted by molar-refractivity contribution is 6.15. The summed E-state index contributed by atoms with van der Waals surface area (Å²) in [6.45, 7) is 2.52. The molecule has 0 radical (unpaired) electrons. The molecule has 0 atom stereocenters. The Morgan fingerprint density at radius 1 is 0.906 bits per heavy atom. The van der Waals surface area contributed by atoms with Crippen molar-refractivity contribution in [3.8, 4) is 0 Å². The van der Waals surface area contributed by atoms with Gasteiger partial charge in [-0.15, -0.1) is 0 Å². The highest BCUT2D eigenvalue weighted by atomic mass is 16.5. The zero-order valence-electron chi connectivity index (χ0n) is 18.5. The first-order chi connectivity index (χ1) is 15.4. The van der Waals surface area contributed by atoms with Crippen molar-refractivity contribution >= 4 is 23.9 Å². The van der Waals surface area contributed by atoms with Crippen molar-refractivity contribution in [1.29, 1.82) is 0 Å². The summed E-state index contributed by atoms with van der Waals surface area (Å²) in [5, 5.41) is 0. The Balaban J connectivity index is 3.37. The number of hydrogen-bond acceptors (Lipinski definition) is 9. The normalized spacial score (nSPS) is 10.8. The third kappa shape index (κ3) is 8.86. The van der Waals surface area contributed by atoms with Crippen LogP contribution in [0.4, 0.5) is 0 Å². The maximum atomic E-state index is 12.4. The van der Waals surface area contributed by atoms with Gasteiger partial charge in [-0.2, -0.15) is 0 Å². The van der Waals surface area contributed by atoms with Gasteiger partial charge in [-0.3, -0.25) is 0 Å². The molecule has 0 N–H and O–H groups in total. The molecule has 0 amide bonds. The van der Waals surface area contributed by atoms with E-state index in [0.717, 1.165) is 25.9 Å². The number of ether oxygens (including phenoxy) is 4. The van der Waals surface area contributed by atoms with Crippen LogP contribution in [0.5, 0.6) is 0 Å². The lowest BCUT2D eigenvalue weighted by atomic mass is 10.1. The van der Waals surface area contributed by atoms with Crippen LogP contribution in [0.25, 0.3) is 0 Å². The van der Waals surface area contributed by atoms with Crippen LogP contribution in [-0.2, 0) is 44.7 Å². The molecule has 9 heteroatoms. The van der Waals surface area contributed by atoms with E-state index in [-0.39, 0.29) is 18.7 Å². The standard InChI is InChI=1S/C23H27NO8/c1-5-32-20(25)12-9-13-24(15-17-10-7-6-8-11-17)16-18(21(26)29-2)14-19(22(27)30-3)23(28)31-4/h6-12,14,16H,5,13,15H2,1-4H3/b12-9+,18-16-. The van der Waals surface area contributed by atoms with Gasteiger partial charge in [0.2, 0.25) is 0 Å². The van der Waals surface area contributed by atoms with Crippen LogP contribution in [0.2, 0.25) is 0 Å². The van der Waals surface area contributed by atoms with Gasteiger partial charge < -0.3 is 23.8 Å². The van der Waals surface area contributed by atoms with Crippen LogP contribution < -0.4 is 0 Å². The topological polar surface area (TPSA) is 108 Å². The van der Waals surface area contributed by atoms with Gasteiger partial charge in [0.1, 0.15) is 5.57 Å². The van der Waals surface area contributed by atoms with Crippen molar-refractivity contribution in [2.75, 3.05) is 34.5 Å². The molecule has 32 heavy (non-hydrogen) atoms. The number of hydrogen-bond donors (Lipinski definition) is 0. The van der Waals surface area contributed by atoms with Crippen molar-refractivity contribution in [2.45, 2.75) is 13.5 Å². The molecule has 0 saturated heterocycles. The fraction of sp³-hybridized carbons (Fsp3) is 0.304. The van der Waals surface area contributed by atoms with Gasteiger partial charge in [0, 0.05) is 25.4 Å². The molecule has 0 fully saturated rings. The lowest BCUT2D eigenvalue weighted by Gasteiger charge is -2.20. The fourth-order valence-corrected chi connectivity index (χ4v) is 2.50. The molecule has 0 aliphatic carbocycles. The molecule has 0 aliphatic rings. The third-order valence-corrected chi connectivity index (χ3v) is 3.96. The number of rotatable bonds is 11. The Hall–Kier alpha value is -3.88. The number of benzene rings is 1. The summed E-state index contributed by atoms with van der Waals surface area (Å²) in [6.07, 6.45) is 5.30. The molecule has 0 spiro atoms. The molecule has 0 bridgehead atoms. The highest BCUT2D eigenvalue weighted by Gasteiger charge is 2.22. The predicted octanol–water partition coefficient (Wildman–Crippen LogP) is 1.94. The minimum atomic E-state index is -0.969. The van der Waals surface area contributed by atoms with Crippen LogP contribution in [0, 0.1) is 0 Å². The number of nitrogens with zero attached hydrogens (tertiary/aromatic N) is 1. The maximum Gasteiger partial charge on any atom is 0.345 e. The first-order valence-electron chi connectivity index (χ1n) is 9.65. The molecule has 1 rings (SSSR count). The molecule has 1 aromatic carbocycles. The van der Waals surface area contributed by atoms with Crippen molar-refractivity contribution < 1.29 is 38.1 Å². The van der Waals surface area contributed by atoms with E-state index in [9.17, 15) is 19.2 Å². The zero-order chi connectivity index (χ0) is 23.9. The van der Waals surface area contributed by atoms with E-state index in [1.807, 2.05) is 30.3 Å². The van der Waals surface area contributed by atoms with Crippen molar-refractivity contribution in [3.05, 3.63) is 71.5 Å². The lowest BCUT2D eigenvalue weighted by molar-refractivity contribution is -0.144. The molecule has 1 aromatic rings. The summed E-state index contributed by atoms with van der Waals surface area (Å²) in [5.74, 6) is -3.22. The summed E-state index contributed by atoms with van der Waals surface area (Å²) >= 11 is 0. The van der Waals surface area contributed by atoms with Gasteiger partial charge in [0.15, 0.2) is 0 Å². The van der Waals surface area contributed by atoms with Crippen LogP contribution in [0.3, 0.4) is 0 Å². The van der Waals surface area contributed by atoms with Crippen LogP contribution in [0.1, 0.15) is 12.5 Å². The summed E-state index contributed by atoms with van der Waals surface area (Å²) in [4.78, 5) is 49.6. The summed E-state index contributed by atoms with van der Waals surface area (Å²) in [6, 6.07) is 9.36. The van der Waals surface area contributed by atoms with Gasteiger partial charge in [0.05, 0.1) is 33.5 Å². The molecule has 0 aromatic heterocycles. The van der Waals surface area contributed by atoms with Crippen molar-refractivity contribution in [3.63, 3.8) is 0 Å². The van der Waals surface area contributed by atoms with E-state index in [2.05, 4.69) is 9.47 Å². The van der Waals surface area contributed by atoms with Gasteiger partial charge >= 0.3 is 23.9 Å². The molecule has 0 aliphatic heterocycles. The second-order valence-electron chi connectivity index (χ2n) is 6.19. The number of esters is 4. The molecule has 0 heterocycles. The largest absolute Gasteiger partial charge is 0.465 e. The number of carbonyl (C=O) groups is 4. The smallest absolute Gasteiger partial charge is 0.345 e. The van der Waals surface area contributed by atoms with Crippen LogP contribution >= 0.6 is 0 Å².